The number of hydrogen-bond acceptors (Lipinski definition) is 4. The van der Waals surface area contributed by atoms with E-state index in [-0.39, 0.29) is 11.7 Å². The van der Waals surface area contributed by atoms with Crippen LogP contribution in [0.15, 0.2) is 6.20 Å². The van der Waals surface area contributed by atoms with Gasteiger partial charge in [0.2, 0.25) is 0 Å². The number of likely N-dealkylation sites (tertiary alicyclic amines) is 1. The Balaban J connectivity index is 1.76. The molecule has 0 bridgehead atoms. The SMILES string of the molecule is CCCCCN1CC(n2cc(C(=O)O)nn2)C1. The van der Waals surface area contributed by atoms with Crippen molar-refractivity contribution in [3.05, 3.63) is 11.9 Å². The topological polar surface area (TPSA) is 71.2 Å². The molecule has 2 heterocycles. The zero-order valence-corrected chi connectivity index (χ0v) is 10.0. The summed E-state index contributed by atoms with van der Waals surface area (Å²) in [6.45, 7) is 5.23. The van der Waals surface area contributed by atoms with Crippen LogP contribution in [-0.2, 0) is 0 Å². The van der Waals surface area contributed by atoms with Crippen LogP contribution in [0, 0.1) is 0 Å². The second-order valence-corrected chi connectivity index (χ2v) is 4.51. The third-order valence-electron chi connectivity index (χ3n) is 3.12. The van der Waals surface area contributed by atoms with Gasteiger partial charge in [-0.2, -0.15) is 0 Å². The number of carboxylic acids is 1. The van der Waals surface area contributed by atoms with Gasteiger partial charge >= 0.3 is 5.97 Å². The number of carbonyl (C=O) groups is 1. The smallest absolute Gasteiger partial charge is 0.358 e. The first kappa shape index (κ1) is 12.0. The van der Waals surface area contributed by atoms with E-state index in [0.717, 1.165) is 19.6 Å². The summed E-state index contributed by atoms with van der Waals surface area (Å²) in [7, 11) is 0. The van der Waals surface area contributed by atoms with Gasteiger partial charge in [-0.15, -0.1) is 5.10 Å². The molecule has 0 unspecified atom stereocenters. The highest BCUT2D eigenvalue weighted by molar-refractivity contribution is 5.84. The highest BCUT2D eigenvalue weighted by atomic mass is 16.4. The van der Waals surface area contributed by atoms with Gasteiger partial charge in [-0.1, -0.05) is 25.0 Å². The minimum Gasteiger partial charge on any atom is -0.476 e. The standard InChI is InChI=1S/C11H18N4O2/c1-2-3-4-5-14-6-9(7-14)15-8-10(11(16)17)12-13-15/h8-9H,2-7H2,1H3,(H,16,17). The van der Waals surface area contributed by atoms with Gasteiger partial charge in [-0.05, 0) is 13.0 Å². The van der Waals surface area contributed by atoms with E-state index in [1.165, 1.54) is 25.5 Å². The molecule has 1 fully saturated rings. The molecule has 0 radical (unpaired) electrons. The van der Waals surface area contributed by atoms with E-state index >= 15 is 0 Å². The quantitative estimate of drug-likeness (QED) is 0.749. The number of rotatable bonds is 6. The van der Waals surface area contributed by atoms with Crippen LogP contribution in [0.4, 0.5) is 0 Å². The maximum absolute atomic E-state index is 10.7. The van der Waals surface area contributed by atoms with Crippen LogP contribution in [0.25, 0.3) is 0 Å². The number of aromatic nitrogens is 3. The molecule has 0 spiro atoms. The van der Waals surface area contributed by atoms with E-state index < -0.39 is 5.97 Å². The molecule has 6 nitrogen and oxygen atoms in total. The van der Waals surface area contributed by atoms with Crippen LogP contribution < -0.4 is 0 Å². The van der Waals surface area contributed by atoms with Crippen molar-refractivity contribution in [3.63, 3.8) is 0 Å². The minimum absolute atomic E-state index is 0.0226. The van der Waals surface area contributed by atoms with Crippen molar-refractivity contribution < 1.29 is 9.90 Å². The Labute approximate surface area is 100 Å². The molecule has 1 saturated heterocycles. The zero-order chi connectivity index (χ0) is 12.3. The monoisotopic (exact) mass is 238 g/mol. The summed E-state index contributed by atoms with van der Waals surface area (Å²) in [5, 5.41) is 16.2. The molecule has 0 amide bonds. The highest BCUT2D eigenvalue weighted by Gasteiger charge is 2.28. The van der Waals surface area contributed by atoms with Crippen molar-refractivity contribution in [3.8, 4) is 0 Å². The Bertz CT molecular complexity index is 385. The predicted octanol–water partition coefficient (Wildman–Crippen LogP) is 1.02. The Hall–Kier alpha value is -1.43. The average molecular weight is 238 g/mol. The van der Waals surface area contributed by atoms with E-state index in [1.54, 1.807) is 4.68 Å². The predicted molar refractivity (Wildman–Crippen MR) is 62.0 cm³/mol. The third kappa shape index (κ3) is 2.82. The van der Waals surface area contributed by atoms with Gasteiger partial charge in [0.05, 0.1) is 12.2 Å². The lowest BCUT2D eigenvalue weighted by molar-refractivity contribution is 0.0690. The second-order valence-electron chi connectivity index (χ2n) is 4.51. The van der Waals surface area contributed by atoms with Crippen molar-refractivity contribution in [1.82, 2.24) is 19.9 Å². The Morgan fingerprint density at radius 1 is 1.53 bits per heavy atom. The highest BCUT2D eigenvalue weighted by Crippen LogP contribution is 2.20. The Morgan fingerprint density at radius 3 is 2.88 bits per heavy atom. The van der Waals surface area contributed by atoms with E-state index in [0.29, 0.717) is 0 Å². The molecule has 94 valence electrons. The molecule has 6 heteroatoms. The largest absolute Gasteiger partial charge is 0.476 e. The number of nitrogens with zero attached hydrogens (tertiary/aromatic N) is 4. The van der Waals surface area contributed by atoms with Gasteiger partial charge < -0.3 is 5.11 Å². The van der Waals surface area contributed by atoms with E-state index in [1.807, 2.05) is 0 Å². The normalized spacial score (nSPS) is 17.0. The molecule has 1 N–H and O–H groups in total. The fourth-order valence-corrected chi connectivity index (χ4v) is 2.03. The van der Waals surface area contributed by atoms with Crippen molar-refractivity contribution in [2.45, 2.75) is 32.2 Å². The molecule has 1 aliphatic heterocycles. The molecule has 1 aromatic heterocycles. The molecule has 0 atom stereocenters. The second kappa shape index (κ2) is 5.27. The number of hydrogen-bond donors (Lipinski definition) is 1. The summed E-state index contributed by atoms with van der Waals surface area (Å²) in [5.74, 6) is -1.02. The van der Waals surface area contributed by atoms with Gasteiger partial charge in [0.15, 0.2) is 5.69 Å². The fourth-order valence-electron chi connectivity index (χ4n) is 2.03. The Morgan fingerprint density at radius 2 is 2.29 bits per heavy atom. The summed E-state index contributed by atoms with van der Waals surface area (Å²) < 4.78 is 1.67. The third-order valence-corrected chi connectivity index (χ3v) is 3.12. The van der Waals surface area contributed by atoms with Gasteiger partial charge in [0.25, 0.3) is 0 Å². The minimum atomic E-state index is -1.02. The molecule has 17 heavy (non-hydrogen) atoms. The molecule has 1 aliphatic rings. The van der Waals surface area contributed by atoms with Crippen molar-refractivity contribution in [2.24, 2.45) is 0 Å². The van der Waals surface area contributed by atoms with Gasteiger partial charge in [-0.3, -0.25) is 4.90 Å². The van der Waals surface area contributed by atoms with Crippen LogP contribution in [0.3, 0.4) is 0 Å². The summed E-state index contributed by atoms with van der Waals surface area (Å²) >= 11 is 0. The Kier molecular flexibility index (Phi) is 3.73. The van der Waals surface area contributed by atoms with Crippen LogP contribution in [0.5, 0.6) is 0 Å². The van der Waals surface area contributed by atoms with E-state index in [4.69, 9.17) is 5.11 Å². The van der Waals surface area contributed by atoms with Crippen molar-refractivity contribution in [2.75, 3.05) is 19.6 Å². The molecule has 0 aliphatic carbocycles. The maximum atomic E-state index is 10.7. The summed E-state index contributed by atoms with van der Waals surface area (Å²) in [6.07, 6.45) is 5.26. The average Bonchev–Trinajstić information content (AvgIpc) is 2.70. The number of carboxylic acid groups (broad SMARTS) is 1. The maximum Gasteiger partial charge on any atom is 0.358 e. The first-order valence-corrected chi connectivity index (χ1v) is 6.08. The first-order chi connectivity index (χ1) is 8.20. The van der Waals surface area contributed by atoms with Gasteiger partial charge in [0.1, 0.15) is 0 Å². The molecular formula is C11H18N4O2. The van der Waals surface area contributed by atoms with Crippen LogP contribution in [0.1, 0.15) is 42.7 Å². The van der Waals surface area contributed by atoms with E-state index in [2.05, 4.69) is 22.1 Å². The molecule has 0 saturated carbocycles. The van der Waals surface area contributed by atoms with Crippen LogP contribution >= 0.6 is 0 Å². The lowest BCUT2D eigenvalue weighted by Gasteiger charge is -2.38. The summed E-state index contributed by atoms with van der Waals surface area (Å²) in [5.41, 5.74) is 0.0226. The molecule has 1 aromatic rings. The van der Waals surface area contributed by atoms with Crippen LogP contribution in [0.2, 0.25) is 0 Å². The lowest BCUT2D eigenvalue weighted by atomic mass is 10.1. The summed E-state index contributed by atoms with van der Waals surface area (Å²) in [4.78, 5) is 13.0. The number of unbranched alkanes of at least 4 members (excludes halogenated alkanes) is 2. The number of aromatic carboxylic acids is 1. The van der Waals surface area contributed by atoms with E-state index in [9.17, 15) is 4.79 Å². The summed E-state index contributed by atoms with van der Waals surface area (Å²) in [6, 6.07) is 0.289. The zero-order valence-electron chi connectivity index (χ0n) is 10.0. The first-order valence-electron chi connectivity index (χ1n) is 6.08. The lowest BCUT2D eigenvalue weighted by Crippen LogP contribution is -2.48. The van der Waals surface area contributed by atoms with Crippen molar-refractivity contribution >= 4 is 5.97 Å². The van der Waals surface area contributed by atoms with Crippen molar-refractivity contribution in [1.29, 1.82) is 0 Å². The van der Waals surface area contributed by atoms with Gasteiger partial charge in [-0.25, -0.2) is 9.48 Å². The molecular weight excluding hydrogens is 220 g/mol. The fraction of sp³-hybridized carbons (Fsp3) is 0.727. The molecule has 0 aromatic carbocycles. The molecule has 2 rings (SSSR count). The van der Waals surface area contributed by atoms with Crippen LogP contribution in [-0.4, -0.2) is 50.6 Å². The van der Waals surface area contributed by atoms with Gasteiger partial charge in [0, 0.05) is 13.1 Å².